The Bertz CT molecular complexity index is 342. The first-order chi connectivity index (χ1) is 7.18. The highest BCUT2D eigenvalue weighted by Crippen LogP contribution is 2.44. The molecule has 0 saturated heterocycles. The molecule has 1 aliphatic rings. The second-order valence-corrected chi connectivity index (χ2v) is 4.08. The molecule has 2 rings (SSSR count). The first kappa shape index (κ1) is 10.6. The third-order valence-corrected chi connectivity index (χ3v) is 3.27. The van der Waals surface area contributed by atoms with Gasteiger partial charge in [0.25, 0.3) is 0 Å². The van der Waals surface area contributed by atoms with Crippen molar-refractivity contribution in [1.29, 1.82) is 0 Å². The van der Waals surface area contributed by atoms with Crippen molar-refractivity contribution >= 4 is 0 Å². The second-order valence-electron chi connectivity index (χ2n) is 4.08. The van der Waals surface area contributed by atoms with Crippen LogP contribution in [0, 0.1) is 5.82 Å². The van der Waals surface area contributed by atoms with Crippen molar-refractivity contribution in [3.05, 3.63) is 35.6 Å². The summed E-state index contributed by atoms with van der Waals surface area (Å²) in [6.45, 7) is 0. The molecule has 0 spiro atoms. The Labute approximate surface area is 88.7 Å². The summed E-state index contributed by atoms with van der Waals surface area (Å²) in [5, 5.41) is 10.1. The molecular formula is C12H15FO2. The molecule has 1 saturated carbocycles. The standard InChI is InChI=1S/C12H15FO2/c1-15-12(6-3-7-12)11(14)9-4-2-5-10(13)8-9/h2,4-5,8,11,14H,3,6-7H2,1H3. The molecule has 3 heteroatoms. The van der Waals surface area contributed by atoms with Gasteiger partial charge in [-0.15, -0.1) is 0 Å². The van der Waals surface area contributed by atoms with E-state index in [-0.39, 0.29) is 5.82 Å². The normalized spacial score (nSPS) is 20.7. The molecule has 0 amide bonds. The van der Waals surface area contributed by atoms with Gasteiger partial charge in [0.15, 0.2) is 0 Å². The molecule has 1 N–H and O–H groups in total. The van der Waals surface area contributed by atoms with Crippen LogP contribution in [0.15, 0.2) is 24.3 Å². The molecule has 0 bridgehead atoms. The number of aliphatic hydroxyl groups excluding tert-OH is 1. The average molecular weight is 210 g/mol. The largest absolute Gasteiger partial charge is 0.385 e. The quantitative estimate of drug-likeness (QED) is 0.830. The third-order valence-electron chi connectivity index (χ3n) is 3.27. The molecule has 0 aromatic heterocycles. The molecule has 1 unspecified atom stereocenters. The smallest absolute Gasteiger partial charge is 0.123 e. The zero-order valence-electron chi connectivity index (χ0n) is 8.74. The fraction of sp³-hybridized carbons (Fsp3) is 0.500. The summed E-state index contributed by atoms with van der Waals surface area (Å²) in [4.78, 5) is 0. The lowest BCUT2D eigenvalue weighted by atomic mass is 9.73. The van der Waals surface area contributed by atoms with Crippen molar-refractivity contribution in [3.8, 4) is 0 Å². The average Bonchev–Trinajstić information content (AvgIpc) is 2.17. The van der Waals surface area contributed by atoms with Crippen molar-refractivity contribution < 1.29 is 14.2 Å². The van der Waals surface area contributed by atoms with E-state index in [0.717, 1.165) is 19.3 Å². The molecule has 1 aromatic rings. The van der Waals surface area contributed by atoms with Crippen LogP contribution in [0.1, 0.15) is 30.9 Å². The molecule has 2 nitrogen and oxygen atoms in total. The SMILES string of the molecule is COC1(C(O)c2cccc(F)c2)CCC1. The summed E-state index contributed by atoms with van der Waals surface area (Å²) in [5.41, 5.74) is 0.102. The van der Waals surface area contributed by atoms with E-state index in [2.05, 4.69) is 0 Å². The van der Waals surface area contributed by atoms with Crippen LogP contribution < -0.4 is 0 Å². The summed E-state index contributed by atoms with van der Waals surface area (Å²) in [6, 6.07) is 6.07. The lowest BCUT2D eigenvalue weighted by Crippen LogP contribution is -2.45. The van der Waals surface area contributed by atoms with Gasteiger partial charge in [0.05, 0.1) is 5.60 Å². The van der Waals surface area contributed by atoms with Gasteiger partial charge in [-0.3, -0.25) is 0 Å². The first-order valence-corrected chi connectivity index (χ1v) is 5.17. The Kier molecular flexibility index (Phi) is 2.76. The van der Waals surface area contributed by atoms with Crippen LogP contribution in [0.5, 0.6) is 0 Å². The first-order valence-electron chi connectivity index (χ1n) is 5.17. The van der Waals surface area contributed by atoms with Crippen LogP contribution in [0.4, 0.5) is 4.39 Å². The number of halogens is 1. The number of aliphatic hydroxyl groups is 1. The predicted molar refractivity (Wildman–Crippen MR) is 55.0 cm³/mol. The number of ether oxygens (including phenoxy) is 1. The minimum atomic E-state index is -0.730. The van der Waals surface area contributed by atoms with Crippen LogP contribution in [-0.4, -0.2) is 17.8 Å². The van der Waals surface area contributed by atoms with Gasteiger partial charge in [-0.2, -0.15) is 0 Å². The molecule has 1 aromatic carbocycles. The lowest BCUT2D eigenvalue weighted by Gasteiger charge is -2.44. The summed E-state index contributed by atoms with van der Waals surface area (Å²) < 4.78 is 18.3. The summed E-state index contributed by atoms with van der Waals surface area (Å²) in [6.07, 6.45) is 2.00. The Balaban J connectivity index is 2.23. The maximum atomic E-state index is 13.0. The molecule has 82 valence electrons. The van der Waals surface area contributed by atoms with Gasteiger partial charge in [0, 0.05) is 7.11 Å². The number of methoxy groups -OCH3 is 1. The number of hydrogen-bond donors (Lipinski definition) is 1. The van der Waals surface area contributed by atoms with Crippen LogP contribution in [0.25, 0.3) is 0 Å². The van der Waals surface area contributed by atoms with E-state index in [9.17, 15) is 9.50 Å². The maximum Gasteiger partial charge on any atom is 0.123 e. The van der Waals surface area contributed by atoms with Gasteiger partial charge < -0.3 is 9.84 Å². The predicted octanol–water partition coefficient (Wildman–Crippen LogP) is 2.43. The number of hydrogen-bond acceptors (Lipinski definition) is 2. The summed E-state index contributed by atoms with van der Waals surface area (Å²) >= 11 is 0. The molecule has 0 heterocycles. The Hall–Kier alpha value is -0.930. The van der Waals surface area contributed by atoms with E-state index < -0.39 is 11.7 Å². The van der Waals surface area contributed by atoms with Crippen LogP contribution >= 0.6 is 0 Å². The Morgan fingerprint density at radius 3 is 2.67 bits per heavy atom. The summed E-state index contributed by atoms with van der Waals surface area (Å²) in [5.74, 6) is -0.322. The summed E-state index contributed by atoms with van der Waals surface area (Å²) in [7, 11) is 1.60. The van der Waals surface area contributed by atoms with Gasteiger partial charge in [-0.1, -0.05) is 12.1 Å². The lowest BCUT2D eigenvalue weighted by molar-refractivity contribution is -0.151. The number of rotatable bonds is 3. The topological polar surface area (TPSA) is 29.5 Å². The molecule has 1 fully saturated rings. The minimum absolute atomic E-state index is 0.322. The van der Waals surface area contributed by atoms with Crippen molar-refractivity contribution in [1.82, 2.24) is 0 Å². The van der Waals surface area contributed by atoms with Crippen molar-refractivity contribution in [3.63, 3.8) is 0 Å². The van der Waals surface area contributed by atoms with E-state index in [0.29, 0.717) is 5.56 Å². The minimum Gasteiger partial charge on any atom is -0.385 e. The molecular weight excluding hydrogens is 195 g/mol. The van der Waals surface area contributed by atoms with E-state index in [1.807, 2.05) is 0 Å². The molecule has 15 heavy (non-hydrogen) atoms. The zero-order chi connectivity index (χ0) is 10.9. The van der Waals surface area contributed by atoms with E-state index >= 15 is 0 Å². The van der Waals surface area contributed by atoms with Gasteiger partial charge in [0.2, 0.25) is 0 Å². The zero-order valence-corrected chi connectivity index (χ0v) is 8.74. The highest BCUT2D eigenvalue weighted by atomic mass is 19.1. The molecule has 0 radical (unpaired) electrons. The van der Waals surface area contributed by atoms with Crippen molar-refractivity contribution in [2.24, 2.45) is 0 Å². The monoisotopic (exact) mass is 210 g/mol. The third kappa shape index (κ3) is 1.77. The number of benzene rings is 1. The molecule has 1 atom stereocenters. The fourth-order valence-corrected chi connectivity index (χ4v) is 2.09. The molecule has 0 aliphatic heterocycles. The van der Waals surface area contributed by atoms with Gasteiger partial charge in [-0.25, -0.2) is 4.39 Å². The van der Waals surface area contributed by atoms with E-state index in [1.54, 1.807) is 19.2 Å². The highest BCUT2D eigenvalue weighted by molar-refractivity contribution is 5.22. The van der Waals surface area contributed by atoms with Gasteiger partial charge in [0.1, 0.15) is 11.9 Å². The van der Waals surface area contributed by atoms with Crippen LogP contribution in [-0.2, 0) is 4.74 Å². The van der Waals surface area contributed by atoms with Crippen LogP contribution in [0.3, 0.4) is 0 Å². The van der Waals surface area contributed by atoms with Gasteiger partial charge in [-0.05, 0) is 37.0 Å². The highest BCUT2D eigenvalue weighted by Gasteiger charge is 2.44. The van der Waals surface area contributed by atoms with Crippen molar-refractivity contribution in [2.45, 2.75) is 31.0 Å². The maximum absolute atomic E-state index is 13.0. The van der Waals surface area contributed by atoms with E-state index in [1.165, 1.54) is 12.1 Å². The Morgan fingerprint density at radius 2 is 2.20 bits per heavy atom. The van der Waals surface area contributed by atoms with Crippen molar-refractivity contribution in [2.75, 3.05) is 7.11 Å². The molecule has 1 aliphatic carbocycles. The second kappa shape index (κ2) is 3.91. The fourth-order valence-electron chi connectivity index (χ4n) is 2.09. The van der Waals surface area contributed by atoms with Gasteiger partial charge >= 0.3 is 0 Å². The van der Waals surface area contributed by atoms with Crippen LogP contribution in [0.2, 0.25) is 0 Å². The Morgan fingerprint density at radius 1 is 1.47 bits per heavy atom. The van der Waals surface area contributed by atoms with E-state index in [4.69, 9.17) is 4.74 Å².